The summed E-state index contributed by atoms with van der Waals surface area (Å²) in [5.41, 5.74) is 2.44. The van der Waals surface area contributed by atoms with E-state index in [1.54, 1.807) is 55.5 Å². The zero-order valence-electron chi connectivity index (χ0n) is 17.9. The lowest BCUT2D eigenvalue weighted by Crippen LogP contribution is -2.24. The number of allylic oxidation sites excluding steroid dienone is 1. The topological polar surface area (TPSA) is 65.1 Å². The second kappa shape index (κ2) is 9.80. The highest BCUT2D eigenvalue weighted by Gasteiger charge is 2.37. The lowest BCUT2D eigenvalue weighted by Gasteiger charge is -2.18. The molecular weight excluding hydrogens is 394 g/mol. The summed E-state index contributed by atoms with van der Waals surface area (Å²) in [7, 11) is 1.30. The van der Waals surface area contributed by atoms with Gasteiger partial charge in [-0.05, 0) is 61.9 Å². The highest BCUT2D eigenvalue weighted by atomic mass is 16.5. The largest absolute Gasteiger partial charge is 0.494 e. The van der Waals surface area contributed by atoms with E-state index in [0.717, 1.165) is 5.56 Å². The van der Waals surface area contributed by atoms with Crippen LogP contribution in [0.15, 0.2) is 78.0 Å². The zero-order valence-corrected chi connectivity index (χ0v) is 17.9. The molecule has 2 aromatic carbocycles. The number of ether oxygens (including phenoxy) is 3. The first-order chi connectivity index (χ1) is 15.0. The van der Waals surface area contributed by atoms with Gasteiger partial charge >= 0.3 is 5.97 Å². The molecule has 0 spiro atoms. The molecule has 1 aliphatic heterocycles. The highest BCUT2D eigenvalue weighted by molar-refractivity contribution is 6.23. The molecule has 1 aliphatic rings. The van der Waals surface area contributed by atoms with Crippen LogP contribution in [0.3, 0.4) is 0 Å². The van der Waals surface area contributed by atoms with Crippen molar-refractivity contribution in [3.05, 3.63) is 83.6 Å². The Hall–Kier alpha value is -3.80. The zero-order chi connectivity index (χ0) is 22.4. The minimum absolute atomic E-state index is 0.244. The lowest BCUT2D eigenvalue weighted by atomic mass is 10.0. The van der Waals surface area contributed by atoms with Crippen molar-refractivity contribution in [3.8, 4) is 11.5 Å². The monoisotopic (exact) mass is 419 g/mol. The maximum atomic E-state index is 13.3. The summed E-state index contributed by atoms with van der Waals surface area (Å²) in [5.74, 6) is 0.545. The third-order valence-corrected chi connectivity index (χ3v) is 4.75. The van der Waals surface area contributed by atoms with E-state index < -0.39 is 5.97 Å². The summed E-state index contributed by atoms with van der Waals surface area (Å²) in [6, 6.07) is 14.4. The second-order valence-corrected chi connectivity index (χ2v) is 6.75. The van der Waals surface area contributed by atoms with Crippen molar-refractivity contribution in [2.75, 3.05) is 25.2 Å². The van der Waals surface area contributed by atoms with E-state index in [9.17, 15) is 9.59 Å². The summed E-state index contributed by atoms with van der Waals surface area (Å²) in [6.07, 6.45) is 3.35. The molecule has 3 rings (SSSR count). The molecule has 0 saturated heterocycles. The molecular formula is C25H25NO5. The second-order valence-electron chi connectivity index (χ2n) is 6.75. The molecule has 1 amide bonds. The number of methoxy groups -OCH3 is 1. The smallest absolute Gasteiger partial charge is 0.340 e. The first kappa shape index (κ1) is 21.9. The number of carbonyl (C=O) groups excluding carboxylic acids is 2. The van der Waals surface area contributed by atoms with E-state index in [-0.39, 0.29) is 17.1 Å². The van der Waals surface area contributed by atoms with Crippen LogP contribution in [0.25, 0.3) is 6.08 Å². The SMILES string of the molecule is C=CCOc1ccc(/C=C2\C(=O)N(c3ccc(OCC)cc3)C(C)=C2C(=O)OC)cc1. The van der Waals surface area contributed by atoms with Gasteiger partial charge in [-0.15, -0.1) is 0 Å². The van der Waals surface area contributed by atoms with Crippen LogP contribution in [0.2, 0.25) is 0 Å². The average molecular weight is 419 g/mol. The Morgan fingerprint density at radius 3 is 2.23 bits per heavy atom. The lowest BCUT2D eigenvalue weighted by molar-refractivity contribution is -0.136. The quantitative estimate of drug-likeness (QED) is 0.357. The number of rotatable bonds is 8. The molecule has 0 saturated carbocycles. The van der Waals surface area contributed by atoms with Gasteiger partial charge in [0, 0.05) is 11.4 Å². The molecule has 0 fully saturated rings. The molecule has 0 bridgehead atoms. The average Bonchev–Trinajstić information content (AvgIpc) is 3.03. The van der Waals surface area contributed by atoms with Crippen LogP contribution in [0.4, 0.5) is 5.69 Å². The molecule has 6 nitrogen and oxygen atoms in total. The number of esters is 1. The Bertz CT molecular complexity index is 1030. The summed E-state index contributed by atoms with van der Waals surface area (Å²) >= 11 is 0. The Morgan fingerprint density at radius 1 is 1.03 bits per heavy atom. The first-order valence-electron chi connectivity index (χ1n) is 9.92. The van der Waals surface area contributed by atoms with Gasteiger partial charge in [-0.3, -0.25) is 9.69 Å². The Kier molecular flexibility index (Phi) is 6.92. The van der Waals surface area contributed by atoms with E-state index >= 15 is 0 Å². The van der Waals surface area contributed by atoms with Crippen LogP contribution in [0, 0.1) is 0 Å². The predicted octanol–water partition coefficient (Wildman–Crippen LogP) is 4.53. The van der Waals surface area contributed by atoms with Gasteiger partial charge in [0.1, 0.15) is 18.1 Å². The van der Waals surface area contributed by atoms with Crippen LogP contribution in [-0.2, 0) is 14.3 Å². The molecule has 0 radical (unpaired) electrons. The first-order valence-corrected chi connectivity index (χ1v) is 9.92. The molecule has 0 N–H and O–H groups in total. The molecule has 0 unspecified atom stereocenters. The third-order valence-electron chi connectivity index (χ3n) is 4.75. The minimum atomic E-state index is -0.559. The van der Waals surface area contributed by atoms with Crippen LogP contribution in [0.5, 0.6) is 11.5 Å². The van der Waals surface area contributed by atoms with Gasteiger partial charge in [-0.2, -0.15) is 0 Å². The maximum absolute atomic E-state index is 13.3. The molecule has 1 heterocycles. The standard InChI is InChI=1S/C25H25NO5/c1-5-15-31-21-11-7-18(8-12-21)16-22-23(25(28)29-4)17(3)26(24(22)27)19-9-13-20(14-10-19)30-6-2/h5,7-14,16H,1,6,15H2,2-4H3/b22-16-. The summed E-state index contributed by atoms with van der Waals surface area (Å²) < 4.78 is 15.9. The number of anilines is 1. The van der Waals surface area contributed by atoms with Gasteiger partial charge < -0.3 is 14.2 Å². The molecule has 160 valence electrons. The predicted molar refractivity (Wildman–Crippen MR) is 120 cm³/mol. The fourth-order valence-electron chi connectivity index (χ4n) is 3.33. The van der Waals surface area contributed by atoms with E-state index in [0.29, 0.717) is 36.1 Å². The van der Waals surface area contributed by atoms with Crippen LogP contribution >= 0.6 is 0 Å². The van der Waals surface area contributed by atoms with E-state index in [2.05, 4.69) is 6.58 Å². The van der Waals surface area contributed by atoms with Gasteiger partial charge in [-0.25, -0.2) is 4.79 Å². The van der Waals surface area contributed by atoms with Crippen molar-refractivity contribution < 1.29 is 23.8 Å². The van der Waals surface area contributed by atoms with Crippen LogP contribution < -0.4 is 14.4 Å². The van der Waals surface area contributed by atoms with Crippen molar-refractivity contribution >= 4 is 23.6 Å². The molecule has 0 aromatic heterocycles. The Balaban J connectivity index is 1.98. The Labute approximate surface area is 182 Å². The molecule has 0 aliphatic carbocycles. The van der Waals surface area contributed by atoms with Crippen LogP contribution in [0.1, 0.15) is 19.4 Å². The number of amides is 1. The van der Waals surface area contributed by atoms with Crippen molar-refractivity contribution in [1.29, 1.82) is 0 Å². The van der Waals surface area contributed by atoms with Crippen molar-refractivity contribution in [3.63, 3.8) is 0 Å². The van der Waals surface area contributed by atoms with Gasteiger partial charge in [0.05, 0.1) is 24.9 Å². The number of nitrogens with zero attached hydrogens (tertiary/aromatic N) is 1. The van der Waals surface area contributed by atoms with Crippen LogP contribution in [-0.4, -0.2) is 32.2 Å². The minimum Gasteiger partial charge on any atom is -0.494 e. The van der Waals surface area contributed by atoms with E-state index in [1.165, 1.54) is 12.0 Å². The Morgan fingerprint density at radius 2 is 1.65 bits per heavy atom. The van der Waals surface area contributed by atoms with E-state index in [4.69, 9.17) is 14.2 Å². The molecule has 2 aromatic rings. The third kappa shape index (κ3) is 4.69. The van der Waals surface area contributed by atoms with Gasteiger partial charge in [0.15, 0.2) is 0 Å². The van der Waals surface area contributed by atoms with Gasteiger partial charge in [0.2, 0.25) is 0 Å². The number of carbonyl (C=O) groups is 2. The van der Waals surface area contributed by atoms with Gasteiger partial charge in [0.25, 0.3) is 5.91 Å². The normalized spacial score (nSPS) is 14.7. The maximum Gasteiger partial charge on any atom is 0.340 e. The summed E-state index contributed by atoms with van der Waals surface area (Å²) in [5, 5.41) is 0. The van der Waals surface area contributed by atoms with Gasteiger partial charge in [-0.1, -0.05) is 24.8 Å². The van der Waals surface area contributed by atoms with Crippen molar-refractivity contribution in [2.45, 2.75) is 13.8 Å². The van der Waals surface area contributed by atoms with Crippen molar-refractivity contribution in [1.82, 2.24) is 0 Å². The number of hydrogen-bond donors (Lipinski definition) is 0. The molecule has 6 heteroatoms. The van der Waals surface area contributed by atoms with E-state index in [1.807, 2.05) is 19.1 Å². The number of benzene rings is 2. The fraction of sp³-hybridized carbons (Fsp3) is 0.200. The number of hydrogen-bond acceptors (Lipinski definition) is 5. The summed E-state index contributed by atoms with van der Waals surface area (Å²) in [6.45, 7) is 8.22. The molecule has 0 atom stereocenters. The van der Waals surface area contributed by atoms with Crippen molar-refractivity contribution in [2.24, 2.45) is 0 Å². The fourth-order valence-corrected chi connectivity index (χ4v) is 3.33. The molecule has 31 heavy (non-hydrogen) atoms. The summed E-state index contributed by atoms with van der Waals surface area (Å²) in [4.78, 5) is 27.3. The highest BCUT2D eigenvalue weighted by Crippen LogP contribution is 2.36.